The molecule has 9 rings (SSSR count). The van der Waals surface area contributed by atoms with Crippen LogP contribution in [0.3, 0.4) is 0 Å². The monoisotopic (exact) mass is 621 g/mol. The van der Waals surface area contributed by atoms with Gasteiger partial charge in [0, 0.05) is 22.2 Å². The van der Waals surface area contributed by atoms with Crippen LogP contribution in [0, 0.1) is 0 Å². The zero-order valence-electron chi connectivity index (χ0n) is 26.9. The molecule has 0 aromatic heterocycles. The fraction of sp³-hybridized carbons (Fsp3) is 0.0909. The van der Waals surface area contributed by atoms with Crippen LogP contribution in [0.5, 0.6) is 5.75 Å². The van der Waals surface area contributed by atoms with E-state index in [1.807, 2.05) is 54.6 Å². The number of fused-ring (bicyclic) bond motifs is 7. The third-order valence-corrected chi connectivity index (χ3v) is 10.2. The van der Waals surface area contributed by atoms with Gasteiger partial charge in [-0.15, -0.1) is 0 Å². The molecule has 7 aromatic rings. The molecule has 0 spiro atoms. The van der Waals surface area contributed by atoms with Gasteiger partial charge in [-0.05, 0) is 116 Å². The standard InChI is InChI=1S/C44H31NO3/c1-44(2)38-24-29-10-6-7-11-30(29)25-40(38)45(32-14-16-33(48-3)17-15-32)39-19-13-31-20-26(12-18-34(31)41(39)44)21-37-42(46)35-22-27-8-4-5-9-28(27)23-36(35)43(37)47/h4-25H,1-3H3. The summed E-state index contributed by atoms with van der Waals surface area (Å²) in [5.41, 5.74) is 7.47. The van der Waals surface area contributed by atoms with Gasteiger partial charge >= 0.3 is 0 Å². The first kappa shape index (κ1) is 28.2. The number of anilines is 3. The Morgan fingerprint density at radius 2 is 1.21 bits per heavy atom. The molecule has 0 amide bonds. The van der Waals surface area contributed by atoms with Gasteiger partial charge < -0.3 is 9.64 Å². The Balaban J connectivity index is 1.20. The lowest BCUT2D eigenvalue weighted by atomic mass is 9.71. The zero-order chi connectivity index (χ0) is 32.7. The number of methoxy groups -OCH3 is 1. The van der Waals surface area contributed by atoms with Crippen LogP contribution < -0.4 is 9.64 Å². The summed E-state index contributed by atoms with van der Waals surface area (Å²) in [7, 11) is 1.69. The van der Waals surface area contributed by atoms with E-state index in [-0.39, 0.29) is 22.6 Å². The number of carbonyl (C=O) groups excluding carboxylic acids is 2. The van der Waals surface area contributed by atoms with Crippen LogP contribution in [0.1, 0.15) is 51.3 Å². The molecule has 0 atom stereocenters. The number of ketones is 2. The summed E-state index contributed by atoms with van der Waals surface area (Å²) < 4.78 is 5.49. The molecule has 1 aliphatic heterocycles. The van der Waals surface area contributed by atoms with E-state index in [1.54, 1.807) is 13.2 Å². The van der Waals surface area contributed by atoms with Crippen molar-refractivity contribution >= 4 is 67.0 Å². The highest BCUT2D eigenvalue weighted by Crippen LogP contribution is 2.55. The first-order chi connectivity index (χ1) is 23.3. The van der Waals surface area contributed by atoms with Crippen molar-refractivity contribution in [2.24, 2.45) is 0 Å². The SMILES string of the molecule is COc1ccc(N2c3cc4ccccc4cc3C(C)(C)c3c2ccc2cc(C=C4C(=O)c5cc6ccccc6cc5C4=O)ccc32)cc1. The molecule has 48 heavy (non-hydrogen) atoms. The fourth-order valence-electron chi connectivity index (χ4n) is 7.76. The quantitative estimate of drug-likeness (QED) is 0.145. The van der Waals surface area contributed by atoms with Gasteiger partial charge in [-0.2, -0.15) is 0 Å². The second-order valence-corrected chi connectivity index (χ2v) is 13.3. The molecule has 4 nitrogen and oxygen atoms in total. The third-order valence-electron chi connectivity index (χ3n) is 10.2. The molecular weight excluding hydrogens is 590 g/mol. The minimum Gasteiger partial charge on any atom is -0.497 e. The van der Waals surface area contributed by atoms with Crippen LogP contribution in [-0.2, 0) is 5.41 Å². The fourth-order valence-corrected chi connectivity index (χ4v) is 7.76. The number of hydrogen-bond acceptors (Lipinski definition) is 4. The van der Waals surface area contributed by atoms with E-state index >= 15 is 0 Å². The molecule has 1 heterocycles. The highest BCUT2D eigenvalue weighted by molar-refractivity contribution is 6.42. The number of hydrogen-bond donors (Lipinski definition) is 0. The molecule has 0 saturated carbocycles. The van der Waals surface area contributed by atoms with Crippen molar-refractivity contribution in [1.82, 2.24) is 0 Å². The summed E-state index contributed by atoms with van der Waals surface area (Å²) >= 11 is 0. The lowest BCUT2D eigenvalue weighted by Crippen LogP contribution is -2.31. The van der Waals surface area contributed by atoms with Crippen molar-refractivity contribution in [3.05, 3.63) is 161 Å². The van der Waals surface area contributed by atoms with Crippen LogP contribution in [0.15, 0.2) is 133 Å². The van der Waals surface area contributed by atoms with Crippen LogP contribution in [0.25, 0.3) is 38.4 Å². The number of Topliss-reactive ketones (excluding diaryl/α,β-unsaturated/α-hetero) is 2. The molecule has 230 valence electrons. The summed E-state index contributed by atoms with van der Waals surface area (Å²) in [6, 6.07) is 43.5. The van der Waals surface area contributed by atoms with Crippen molar-refractivity contribution in [1.29, 1.82) is 0 Å². The first-order valence-corrected chi connectivity index (χ1v) is 16.2. The maximum Gasteiger partial charge on any atom is 0.197 e. The van der Waals surface area contributed by atoms with Crippen molar-refractivity contribution in [2.45, 2.75) is 19.3 Å². The Morgan fingerprint density at radius 3 is 1.83 bits per heavy atom. The Hall–Kier alpha value is -6.00. The second-order valence-electron chi connectivity index (χ2n) is 13.3. The molecule has 1 aliphatic carbocycles. The zero-order valence-corrected chi connectivity index (χ0v) is 26.9. The predicted octanol–water partition coefficient (Wildman–Crippen LogP) is 10.7. The van der Waals surface area contributed by atoms with E-state index in [9.17, 15) is 9.59 Å². The Bertz CT molecular complexity index is 2500. The lowest BCUT2D eigenvalue weighted by Gasteiger charge is -2.43. The summed E-state index contributed by atoms with van der Waals surface area (Å²) in [5.74, 6) is 0.378. The van der Waals surface area contributed by atoms with Crippen molar-refractivity contribution < 1.29 is 14.3 Å². The minimum atomic E-state index is -0.321. The molecule has 0 saturated heterocycles. The van der Waals surface area contributed by atoms with E-state index in [0.717, 1.165) is 49.9 Å². The average molecular weight is 622 g/mol. The third kappa shape index (κ3) is 4.09. The van der Waals surface area contributed by atoms with E-state index < -0.39 is 0 Å². The van der Waals surface area contributed by atoms with E-state index in [2.05, 4.69) is 91.5 Å². The molecule has 0 radical (unpaired) electrons. The molecule has 0 unspecified atom stereocenters. The number of allylic oxidation sites excluding steroid dienone is 1. The molecule has 0 N–H and O–H groups in total. The maximum atomic E-state index is 13.5. The van der Waals surface area contributed by atoms with Crippen molar-refractivity contribution in [2.75, 3.05) is 12.0 Å². The smallest absolute Gasteiger partial charge is 0.197 e. The summed E-state index contributed by atoms with van der Waals surface area (Å²) in [6.07, 6.45) is 1.75. The van der Waals surface area contributed by atoms with Crippen LogP contribution in [0.4, 0.5) is 17.1 Å². The summed E-state index contributed by atoms with van der Waals surface area (Å²) in [6.45, 7) is 4.61. The minimum absolute atomic E-state index is 0.212. The predicted molar refractivity (Wildman–Crippen MR) is 195 cm³/mol. The molecule has 4 heteroatoms. The van der Waals surface area contributed by atoms with Crippen molar-refractivity contribution in [3.8, 4) is 5.75 Å². The molecular formula is C44H31NO3. The van der Waals surface area contributed by atoms with Gasteiger partial charge in [0.15, 0.2) is 11.6 Å². The topological polar surface area (TPSA) is 46.6 Å². The number of nitrogens with zero attached hydrogens (tertiary/aromatic N) is 1. The van der Waals surface area contributed by atoms with Gasteiger partial charge in [0.05, 0.1) is 24.1 Å². The van der Waals surface area contributed by atoms with Gasteiger partial charge in [-0.3, -0.25) is 9.59 Å². The van der Waals surface area contributed by atoms with Crippen molar-refractivity contribution in [3.63, 3.8) is 0 Å². The number of carbonyl (C=O) groups is 2. The Kier molecular flexibility index (Phi) is 6.03. The Labute approximate surface area is 278 Å². The molecule has 0 fully saturated rings. The van der Waals surface area contributed by atoms with Crippen LogP contribution >= 0.6 is 0 Å². The van der Waals surface area contributed by atoms with E-state index in [0.29, 0.717) is 11.1 Å². The first-order valence-electron chi connectivity index (χ1n) is 16.2. The average Bonchev–Trinajstić information content (AvgIpc) is 3.33. The van der Waals surface area contributed by atoms with E-state index in [4.69, 9.17) is 4.74 Å². The number of benzene rings is 7. The van der Waals surface area contributed by atoms with Gasteiger partial charge in [-0.1, -0.05) is 80.6 Å². The van der Waals surface area contributed by atoms with E-state index in [1.165, 1.54) is 21.9 Å². The van der Waals surface area contributed by atoms with Gasteiger partial charge in [0.25, 0.3) is 0 Å². The molecule has 7 aromatic carbocycles. The van der Waals surface area contributed by atoms with Crippen LogP contribution in [-0.4, -0.2) is 18.7 Å². The molecule has 0 bridgehead atoms. The van der Waals surface area contributed by atoms with Gasteiger partial charge in [0.1, 0.15) is 5.75 Å². The maximum absolute atomic E-state index is 13.5. The highest BCUT2D eigenvalue weighted by atomic mass is 16.5. The molecule has 2 aliphatic rings. The normalized spacial score (nSPS) is 14.7. The second kappa shape index (κ2) is 10.2. The summed E-state index contributed by atoms with van der Waals surface area (Å²) in [5, 5.41) is 6.49. The number of ether oxygens (including phenoxy) is 1. The largest absolute Gasteiger partial charge is 0.497 e. The summed E-state index contributed by atoms with van der Waals surface area (Å²) in [4.78, 5) is 29.4. The number of rotatable bonds is 3. The van der Waals surface area contributed by atoms with Gasteiger partial charge in [-0.25, -0.2) is 0 Å². The van der Waals surface area contributed by atoms with Crippen LogP contribution in [0.2, 0.25) is 0 Å². The highest BCUT2D eigenvalue weighted by Gasteiger charge is 2.39. The lowest BCUT2D eigenvalue weighted by molar-refractivity contribution is 0.0990. The Morgan fingerprint density at radius 1 is 0.604 bits per heavy atom. The van der Waals surface area contributed by atoms with Gasteiger partial charge in [0.2, 0.25) is 0 Å².